The molecule has 0 aromatic heterocycles. The topological polar surface area (TPSA) is 69.7 Å². The fraction of sp³-hybridized carbons (Fsp3) is 0.591. The fourth-order valence-corrected chi connectivity index (χ4v) is 4.32. The van der Waals surface area contributed by atoms with Crippen molar-refractivity contribution < 1.29 is 14.4 Å². The van der Waals surface area contributed by atoms with Gasteiger partial charge in [0.1, 0.15) is 0 Å². The van der Waals surface area contributed by atoms with Crippen LogP contribution in [-0.2, 0) is 27.5 Å². The number of carbonyl (C=O) groups excluding carboxylic acids is 3. The third-order valence-electron chi connectivity index (χ3n) is 5.58. The van der Waals surface area contributed by atoms with Gasteiger partial charge < -0.3 is 5.32 Å². The van der Waals surface area contributed by atoms with Gasteiger partial charge in [-0.15, -0.1) is 0 Å². The van der Waals surface area contributed by atoms with Crippen LogP contribution in [0, 0.1) is 11.8 Å². The van der Waals surface area contributed by atoms with Gasteiger partial charge >= 0.3 is 0 Å². The largest absolute Gasteiger partial charge is 0.352 e. The average molecular weight is 386 g/mol. The van der Waals surface area contributed by atoms with Crippen molar-refractivity contribution in [3.8, 4) is 0 Å². The quantitative estimate of drug-likeness (QED) is 0.732. The summed E-state index contributed by atoms with van der Waals surface area (Å²) in [4.78, 5) is 38.8. The van der Waals surface area contributed by atoms with Gasteiger partial charge in [0.15, 0.2) is 0 Å². The lowest BCUT2D eigenvalue weighted by Crippen LogP contribution is -2.38. The van der Waals surface area contributed by atoms with Gasteiger partial charge in [-0.05, 0) is 29.4 Å². The van der Waals surface area contributed by atoms with Crippen LogP contribution in [-0.4, -0.2) is 47.2 Å². The molecule has 0 saturated carbocycles. The van der Waals surface area contributed by atoms with E-state index in [0.29, 0.717) is 6.54 Å². The second kappa shape index (κ2) is 9.32. The highest BCUT2D eigenvalue weighted by molar-refractivity contribution is 6.02. The summed E-state index contributed by atoms with van der Waals surface area (Å²) in [5.74, 6) is 1.01. The number of piperidine rings is 1. The number of benzene rings is 1. The van der Waals surface area contributed by atoms with Gasteiger partial charge in [-0.25, -0.2) is 0 Å². The molecule has 3 amide bonds. The first-order valence-corrected chi connectivity index (χ1v) is 10.3. The van der Waals surface area contributed by atoms with Crippen LogP contribution >= 0.6 is 0 Å². The first-order chi connectivity index (χ1) is 13.4. The van der Waals surface area contributed by atoms with Crippen LogP contribution in [0.15, 0.2) is 24.3 Å². The number of carbonyl (C=O) groups is 3. The monoisotopic (exact) mass is 385 g/mol. The molecule has 0 radical (unpaired) electrons. The summed E-state index contributed by atoms with van der Waals surface area (Å²) >= 11 is 0. The Bertz CT molecular complexity index is 690. The van der Waals surface area contributed by atoms with E-state index in [-0.39, 0.29) is 43.5 Å². The molecule has 2 heterocycles. The fourth-order valence-electron chi connectivity index (χ4n) is 4.32. The van der Waals surface area contributed by atoms with E-state index in [1.165, 1.54) is 16.9 Å². The molecule has 0 aliphatic carbocycles. The van der Waals surface area contributed by atoms with Crippen LogP contribution in [0.5, 0.6) is 0 Å². The lowest BCUT2D eigenvalue weighted by molar-refractivity contribution is -0.138. The standard InChI is InChI=1S/C22H31N3O3/c1-16-11-17(2)14-24(13-16)15-19-5-3-18(4-6-19)12-23-20(26)9-10-25-21(27)7-8-22(25)28/h3-6,16-17H,7-15H2,1-2H3,(H,23,26)/t16-,17-/m0/s1. The number of nitrogens with one attached hydrogen (secondary N) is 1. The Hall–Kier alpha value is -2.21. The minimum absolute atomic E-state index is 0.145. The number of rotatable bonds is 7. The van der Waals surface area contributed by atoms with E-state index in [9.17, 15) is 14.4 Å². The van der Waals surface area contributed by atoms with E-state index < -0.39 is 0 Å². The van der Waals surface area contributed by atoms with Crippen molar-refractivity contribution in [3.05, 3.63) is 35.4 Å². The van der Waals surface area contributed by atoms with Crippen LogP contribution in [0.3, 0.4) is 0 Å². The van der Waals surface area contributed by atoms with Gasteiger partial charge in [-0.1, -0.05) is 38.1 Å². The second-order valence-corrected chi connectivity index (χ2v) is 8.42. The second-order valence-electron chi connectivity index (χ2n) is 8.42. The van der Waals surface area contributed by atoms with Crippen molar-refractivity contribution in [1.29, 1.82) is 0 Å². The maximum absolute atomic E-state index is 12.0. The highest BCUT2D eigenvalue weighted by Gasteiger charge is 2.28. The van der Waals surface area contributed by atoms with E-state index in [1.807, 2.05) is 0 Å². The molecule has 1 aromatic carbocycles. The van der Waals surface area contributed by atoms with E-state index in [1.54, 1.807) is 0 Å². The third kappa shape index (κ3) is 5.64. The highest BCUT2D eigenvalue weighted by Crippen LogP contribution is 2.22. The Morgan fingerprint density at radius 3 is 2.18 bits per heavy atom. The molecule has 3 rings (SSSR count). The Morgan fingerprint density at radius 1 is 1.00 bits per heavy atom. The number of imide groups is 1. The van der Waals surface area contributed by atoms with E-state index in [0.717, 1.165) is 37.0 Å². The van der Waals surface area contributed by atoms with E-state index >= 15 is 0 Å². The van der Waals surface area contributed by atoms with Crippen LogP contribution < -0.4 is 5.32 Å². The van der Waals surface area contributed by atoms with Crippen molar-refractivity contribution in [1.82, 2.24) is 15.1 Å². The van der Waals surface area contributed by atoms with Crippen molar-refractivity contribution in [2.45, 2.75) is 52.6 Å². The first-order valence-electron chi connectivity index (χ1n) is 10.3. The molecule has 0 unspecified atom stereocenters. The molecule has 6 nitrogen and oxygen atoms in total. The summed E-state index contributed by atoms with van der Waals surface area (Å²) in [6, 6.07) is 8.37. The summed E-state index contributed by atoms with van der Waals surface area (Å²) in [5.41, 5.74) is 2.34. The Morgan fingerprint density at radius 2 is 1.57 bits per heavy atom. The van der Waals surface area contributed by atoms with Crippen molar-refractivity contribution in [2.24, 2.45) is 11.8 Å². The molecule has 2 fully saturated rings. The molecule has 0 spiro atoms. The molecule has 152 valence electrons. The molecule has 2 aliphatic rings. The molecule has 2 atom stereocenters. The van der Waals surface area contributed by atoms with Crippen molar-refractivity contribution >= 4 is 17.7 Å². The molecular formula is C22H31N3O3. The smallest absolute Gasteiger partial charge is 0.229 e. The number of amides is 3. The van der Waals surface area contributed by atoms with E-state index in [2.05, 4.69) is 48.3 Å². The van der Waals surface area contributed by atoms with Crippen LogP contribution in [0.4, 0.5) is 0 Å². The molecule has 2 aliphatic heterocycles. The SMILES string of the molecule is C[C@H]1C[C@H](C)CN(Cc2ccc(CNC(=O)CCN3C(=O)CCC3=O)cc2)C1. The summed E-state index contributed by atoms with van der Waals surface area (Å²) in [5, 5.41) is 2.87. The van der Waals surface area contributed by atoms with Gasteiger partial charge in [0.2, 0.25) is 17.7 Å². The Balaban J connectivity index is 1.41. The van der Waals surface area contributed by atoms with Gasteiger partial charge in [0, 0.05) is 52.0 Å². The van der Waals surface area contributed by atoms with Crippen molar-refractivity contribution in [3.63, 3.8) is 0 Å². The zero-order valence-corrected chi connectivity index (χ0v) is 16.9. The van der Waals surface area contributed by atoms with Gasteiger partial charge in [0.05, 0.1) is 0 Å². The van der Waals surface area contributed by atoms with E-state index in [4.69, 9.17) is 0 Å². The maximum Gasteiger partial charge on any atom is 0.229 e. The van der Waals surface area contributed by atoms with Crippen LogP contribution in [0.1, 0.15) is 50.7 Å². The van der Waals surface area contributed by atoms with Crippen molar-refractivity contribution in [2.75, 3.05) is 19.6 Å². The van der Waals surface area contributed by atoms with Gasteiger partial charge in [-0.2, -0.15) is 0 Å². The average Bonchev–Trinajstić information content (AvgIpc) is 2.96. The van der Waals surface area contributed by atoms with Gasteiger partial charge in [-0.3, -0.25) is 24.2 Å². The van der Waals surface area contributed by atoms with Crippen LogP contribution in [0.2, 0.25) is 0 Å². The third-order valence-corrected chi connectivity index (χ3v) is 5.58. The summed E-state index contributed by atoms with van der Waals surface area (Å²) in [6.07, 6.45) is 2.00. The number of hydrogen-bond donors (Lipinski definition) is 1. The minimum atomic E-state index is -0.175. The number of likely N-dealkylation sites (tertiary alicyclic amines) is 2. The molecule has 0 bridgehead atoms. The normalized spacial score (nSPS) is 23.3. The zero-order chi connectivity index (χ0) is 20.1. The highest BCUT2D eigenvalue weighted by atomic mass is 16.2. The lowest BCUT2D eigenvalue weighted by atomic mass is 9.91. The predicted molar refractivity (Wildman–Crippen MR) is 107 cm³/mol. The summed E-state index contributed by atoms with van der Waals surface area (Å²) in [7, 11) is 0. The summed E-state index contributed by atoms with van der Waals surface area (Å²) in [6.45, 7) is 8.56. The molecule has 1 N–H and O–H groups in total. The molecular weight excluding hydrogens is 354 g/mol. The minimum Gasteiger partial charge on any atom is -0.352 e. The van der Waals surface area contributed by atoms with Gasteiger partial charge in [0.25, 0.3) is 0 Å². The molecule has 1 aromatic rings. The lowest BCUT2D eigenvalue weighted by Gasteiger charge is -2.35. The molecule has 28 heavy (non-hydrogen) atoms. The number of hydrogen-bond acceptors (Lipinski definition) is 4. The first kappa shape index (κ1) is 20.5. The van der Waals surface area contributed by atoms with Crippen LogP contribution in [0.25, 0.3) is 0 Å². The predicted octanol–water partition coefficient (Wildman–Crippen LogP) is 2.32. The summed E-state index contributed by atoms with van der Waals surface area (Å²) < 4.78 is 0. The molecule has 2 saturated heterocycles. The number of nitrogens with zero attached hydrogens (tertiary/aromatic N) is 2. The maximum atomic E-state index is 12.0. The Labute approximate surface area is 167 Å². The Kier molecular flexibility index (Phi) is 6.83. The zero-order valence-electron chi connectivity index (χ0n) is 16.9. The molecule has 6 heteroatoms.